The number of hydrogen-bond acceptors (Lipinski definition) is 4. The molecule has 0 aliphatic heterocycles. The van der Waals surface area contributed by atoms with Gasteiger partial charge in [0.25, 0.3) is 0 Å². The number of benzene rings is 1. The standard InChI is InChI=1S/C19H21N3O/c1-14-11-19(21-23-14)13-22(3)15(2)17-5-4-6-18(12-17)16-7-9-20-10-8-16/h4-12,15H,13H2,1-3H3/t15-/m1/s1. The van der Waals surface area contributed by atoms with E-state index in [0.717, 1.165) is 18.0 Å². The number of rotatable bonds is 5. The maximum atomic E-state index is 5.15. The van der Waals surface area contributed by atoms with Crippen molar-refractivity contribution >= 4 is 0 Å². The van der Waals surface area contributed by atoms with Gasteiger partial charge in [-0.05, 0) is 55.8 Å². The molecule has 0 saturated carbocycles. The maximum absolute atomic E-state index is 5.15. The Morgan fingerprint density at radius 3 is 2.57 bits per heavy atom. The average Bonchev–Trinajstić information content (AvgIpc) is 3.00. The molecule has 118 valence electrons. The van der Waals surface area contributed by atoms with Crippen molar-refractivity contribution < 1.29 is 4.52 Å². The summed E-state index contributed by atoms with van der Waals surface area (Å²) in [5.41, 5.74) is 4.63. The predicted octanol–water partition coefficient (Wildman–Crippen LogP) is 4.24. The predicted molar refractivity (Wildman–Crippen MR) is 90.8 cm³/mol. The highest BCUT2D eigenvalue weighted by molar-refractivity contribution is 5.63. The molecule has 1 aromatic carbocycles. The van der Waals surface area contributed by atoms with Gasteiger partial charge in [-0.15, -0.1) is 0 Å². The van der Waals surface area contributed by atoms with Gasteiger partial charge in [-0.1, -0.05) is 23.4 Å². The second kappa shape index (κ2) is 6.75. The largest absolute Gasteiger partial charge is 0.361 e. The van der Waals surface area contributed by atoms with Crippen molar-refractivity contribution in [3.05, 3.63) is 71.9 Å². The molecule has 0 N–H and O–H groups in total. The van der Waals surface area contributed by atoms with Crippen LogP contribution >= 0.6 is 0 Å². The third kappa shape index (κ3) is 3.66. The molecule has 4 nitrogen and oxygen atoms in total. The molecular weight excluding hydrogens is 286 g/mol. The van der Waals surface area contributed by atoms with Crippen molar-refractivity contribution in [1.82, 2.24) is 15.0 Å². The number of nitrogens with zero attached hydrogens (tertiary/aromatic N) is 3. The van der Waals surface area contributed by atoms with Gasteiger partial charge >= 0.3 is 0 Å². The lowest BCUT2D eigenvalue weighted by atomic mass is 10.0. The van der Waals surface area contributed by atoms with E-state index in [1.54, 1.807) is 0 Å². The van der Waals surface area contributed by atoms with Gasteiger partial charge in [0.15, 0.2) is 0 Å². The molecule has 0 unspecified atom stereocenters. The van der Waals surface area contributed by atoms with E-state index in [9.17, 15) is 0 Å². The van der Waals surface area contributed by atoms with Crippen LogP contribution in [0.1, 0.15) is 30.0 Å². The van der Waals surface area contributed by atoms with E-state index >= 15 is 0 Å². The van der Waals surface area contributed by atoms with Crippen LogP contribution < -0.4 is 0 Å². The molecule has 0 radical (unpaired) electrons. The van der Waals surface area contributed by atoms with Crippen molar-refractivity contribution in [3.63, 3.8) is 0 Å². The minimum absolute atomic E-state index is 0.286. The molecule has 0 aliphatic rings. The van der Waals surface area contributed by atoms with Crippen LogP contribution in [0.5, 0.6) is 0 Å². The van der Waals surface area contributed by atoms with E-state index in [0.29, 0.717) is 0 Å². The highest BCUT2D eigenvalue weighted by atomic mass is 16.5. The first kappa shape index (κ1) is 15.4. The lowest BCUT2D eigenvalue weighted by Gasteiger charge is -2.24. The maximum Gasteiger partial charge on any atom is 0.133 e. The smallest absolute Gasteiger partial charge is 0.133 e. The molecule has 0 saturated heterocycles. The molecule has 3 aromatic rings. The monoisotopic (exact) mass is 307 g/mol. The topological polar surface area (TPSA) is 42.2 Å². The van der Waals surface area contributed by atoms with Gasteiger partial charge in [-0.25, -0.2) is 0 Å². The number of hydrogen-bond donors (Lipinski definition) is 0. The lowest BCUT2D eigenvalue weighted by molar-refractivity contribution is 0.244. The van der Waals surface area contributed by atoms with Gasteiger partial charge in [0.1, 0.15) is 5.76 Å². The number of aromatic nitrogens is 2. The molecule has 0 amide bonds. The molecule has 0 spiro atoms. The SMILES string of the molecule is Cc1cc(CN(C)[C@H](C)c2cccc(-c3ccncc3)c2)no1. The third-order valence-electron chi connectivity index (χ3n) is 4.13. The van der Waals surface area contributed by atoms with Crippen LogP contribution in [0.15, 0.2) is 59.4 Å². The minimum atomic E-state index is 0.286. The Morgan fingerprint density at radius 2 is 1.87 bits per heavy atom. The molecule has 3 rings (SSSR count). The number of aryl methyl sites for hydroxylation is 1. The van der Waals surface area contributed by atoms with E-state index in [-0.39, 0.29) is 6.04 Å². The summed E-state index contributed by atoms with van der Waals surface area (Å²) in [5, 5.41) is 4.07. The van der Waals surface area contributed by atoms with Crippen LogP contribution in [0.2, 0.25) is 0 Å². The summed E-state index contributed by atoms with van der Waals surface area (Å²) in [5.74, 6) is 0.848. The Hall–Kier alpha value is -2.46. The summed E-state index contributed by atoms with van der Waals surface area (Å²) < 4.78 is 5.15. The molecule has 4 heteroatoms. The van der Waals surface area contributed by atoms with Crippen molar-refractivity contribution in [3.8, 4) is 11.1 Å². The van der Waals surface area contributed by atoms with E-state index < -0.39 is 0 Å². The summed E-state index contributed by atoms with van der Waals surface area (Å²) in [6, 6.07) is 15.0. The molecule has 0 fully saturated rings. The van der Waals surface area contributed by atoms with Crippen molar-refractivity contribution in [1.29, 1.82) is 0 Å². The van der Waals surface area contributed by atoms with Crippen LogP contribution in [-0.4, -0.2) is 22.1 Å². The quantitative estimate of drug-likeness (QED) is 0.707. The summed E-state index contributed by atoms with van der Waals surface area (Å²) in [6.07, 6.45) is 3.65. The Labute approximate surface area is 136 Å². The van der Waals surface area contributed by atoms with Crippen molar-refractivity contribution in [2.75, 3.05) is 7.05 Å². The van der Waals surface area contributed by atoms with Crippen LogP contribution in [-0.2, 0) is 6.54 Å². The zero-order valence-corrected chi connectivity index (χ0v) is 13.7. The van der Waals surface area contributed by atoms with Gasteiger partial charge in [0, 0.05) is 31.0 Å². The van der Waals surface area contributed by atoms with Gasteiger partial charge in [-0.2, -0.15) is 0 Å². The van der Waals surface area contributed by atoms with Crippen molar-refractivity contribution in [2.24, 2.45) is 0 Å². The summed E-state index contributed by atoms with van der Waals surface area (Å²) in [4.78, 5) is 6.35. The normalized spacial score (nSPS) is 12.5. The van der Waals surface area contributed by atoms with Crippen LogP contribution in [0.3, 0.4) is 0 Å². The lowest BCUT2D eigenvalue weighted by Crippen LogP contribution is -2.22. The molecule has 2 aromatic heterocycles. The molecular formula is C19H21N3O. The summed E-state index contributed by atoms with van der Waals surface area (Å²) in [7, 11) is 2.10. The molecule has 1 atom stereocenters. The molecule has 0 bridgehead atoms. The number of pyridine rings is 1. The minimum Gasteiger partial charge on any atom is -0.361 e. The fourth-order valence-corrected chi connectivity index (χ4v) is 2.66. The van der Waals surface area contributed by atoms with Crippen LogP contribution in [0.25, 0.3) is 11.1 Å². The first-order valence-electron chi connectivity index (χ1n) is 7.76. The van der Waals surface area contributed by atoms with E-state index in [1.165, 1.54) is 16.7 Å². The zero-order chi connectivity index (χ0) is 16.2. The first-order valence-corrected chi connectivity index (χ1v) is 7.76. The Kier molecular flexibility index (Phi) is 4.53. The van der Waals surface area contributed by atoms with Crippen molar-refractivity contribution in [2.45, 2.75) is 26.4 Å². The highest BCUT2D eigenvalue weighted by Crippen LogP contribution is 2.26. The van der Waals surface area contributed by atoms with E-state index in [4.69, 9.17) is 4.52 Å². The van der Waals surface area contributed by atoms with Gasteiger partial charge in [0.2, 0.25) is 0 Å². The molecule has 2 heterocycles. The Balaban J connectivity index is 1.78. The third-order valence-corrected chi connectivity index (χ3v) is 4.13. The second-order valence-electron chi connectivity index (χ2n) is 5.88. The van der Waals surface area contributed by atoms with E-state index in [1.807, 2.05) is 37.5 Å². The summed E-state index contributed by atoms with van der Waals surface area (Å²) in [6.45, 7) is 4.88. The second-order valence-corrected chi connectivity index (χ2v) is 5.88. The average molecular weight is 307 g/mol. The van der Waals surface area contributed by atoms with Crippen LogP contribution in [0, 0.1) is 6.92 Å². The zero-order valence-electron chi connectivity index (χ0n) is 13.7. The van der Waals surface area contributed by atoms with Crippen LogP contribution in [0.4, 0.5) is 0 Å². The Morgan fingerprint density at radius 1 is 1.09 bits per heavy atom. The highest BCUT2D eigenvalue weighted by Gasteiger charge is 2.14. The Bertz CT molecular complexity index is 767. The first-order chi connectivity index (χ1) is 11.1. The molecule has 23 heavy (non-hydrogen) atoms. The van der Waals surface area contributed by atoms with E-state index in [2.05, 4.69) is 53.3 Å². The fraction of sp³-hybridized carbons (Fsp3) is 0.263. The van der Waals surface area contributed by atoms with Gasteiger partial charge in [0.05, 0.1) is 5.69 Å². The fourth-order valence-electron chi connectivity index (χ4n) is 2.66. The van der Waals surface area contributed by atoms with Gasteiger partial charge in [-0.3, -0.25) is 9.88 Å². The van der Waals surface area contributed by atoms with Gasteiger partial charge < -0.3 is 4.52 Å². The molecule has 0 aliphatic carbocycles. The summed E-state index contributed by atoms with van der Waals surface area (Å²) >= 11 is 0.